The molecule has 0 atom stereocenters. The van der Waals surface area contributed by atoms with E-state index in [1.807, 2.05) is 6.07 Å². The topological polar surface area (TPSA) is 195 Å². The van der Waals surface area contributed by atoms with Crippen molar-refractivity contribution in [2.75, 3.05) is 7.11 Å². The third-order valence-electron chi connectivity index (χ3n) is 8.31. The molecule has 3 aromatic heterocycles. The van der Waals surface area contributed by atoms with Crippen LogP contribution in [-0.2, 0) is 19.7 Å². The summed E-state index contributed by atoms with van der Waals surface area (Å²) in [7, 11) is 1.32. The molecule has 4 aromatic carbocycles. The van der Waals surface area contributed by atoms with Gasteiger partial charge in [0.15, 0.2) is 17.3 Å². The van der Waals surface area contributed by atoms with Crippen molar-refractivity contribution >= 4 is 21.9 Å². The van der Waals surface area contributed by atoms with Crippen LogP contribution in [0.25, 0.3) is 44.6 Å². The first-order valence-electron chi connectivity index (χ1n) is 15.9. The van der Waals surface area contributed by atoms with Gasteiger partial charge in [0.05, 0.1) is 24.2 Å². The van der Waals surface area contributed by atoms with Gasteiger partial charge in [0.1, 0.15) is 46.3 Å². The van der Waals surface area contributed by atoms with Crippen LogP contribution < -0.4 is 20.5 Å². The number of phenols is 3. The van der Waals surface area contributed by atoms with Crippen LogP contribution in [0.5, 0.6) is 34.5 Å². The Kier molecular flexibility index (Phi) is 8.71. The number of aromatic nitrogens is 5. The number of aromatic hydroxyl groups is 4. The maximum Gasteiger partial charge on any atom is 0.261 e. The molecular formula is C37H31N5O9. The van der Waals surface area contributed by atoms with Gasteiger partial charge >= 0.3 is 0 Å². The zero-order valence-corrected chi connectivity index (χ0v) is 27.2. The van der Waals surface area contributed by atoms with E-state index in [0.29, 0.717) is 53.9 Å². The third kappa shape index (κ3) is 6.49. The van der Waals surface area contributed by atoms with E-state index in [-0.39, 0.29) is 63.2 Å². The molecule has 14 heteroatoms. The van der Waals surface area contributed by atoms with Gasteiger partial charge in [0, 0.05) is 36.3 Å². The molecule has 0 aliphatic carbocycles. The van der Waals surface area contributed by atoms with Crippen LogP contribution >= 0.6 is 0 Å². The average Bonchev–Trinajstić information content (AvgIpc) is 3.59. The standard InChI is InChI=1S/C37H31N5O9/c1-49-30-17-25(44)18-31-32(30)33(46)34(47)35(51-31)21-11-12-28(45)29(16-21)50-20-23-19-41(40-39-23)13-4-5-14-42-36(22-7-6-8-24(43)15-22)38-27-10-3-2-9-26(27)37(42)48/h2-3,6-12,15-19,43-45,47H,4-5,13-14,20H2,1H3. The predicted octanol–water partition coefficient (Wildman–Crippen LogP) is 5.32. The van der Waals surface area contributed by atoms with Crippen molar-refractivity contribution in [3.63, 3.8) is 0 Å². The van der Waals surface area contributed by atoms with Crippen LogP contribution in [0.2, 0.25) is 0 Å². The highest BCUT2D eigenvalue weighted by Gasteiger charge is 2.21. The quantitative estimate of drug-likeness (QED) is 0.128. The Morgan fingerprint density at radius 2 is 1.65 bits per heavy atom. The molecule has 7 aromatic rings. The lowest BCUT2D eigenvalue weighted by Gasteiger charge is -2.14. The first kappa shape index (κ1) is 32.7. The number of unbranched alkanes of at least 4 members (excludes halogenated alkanes) is 1. The minimum atomic E-state index is -0.756. The first-order valence-corrected chi connectivity index (χ1v) is 15.9. The van der Waals surface area contributed by atoms with Crippen molar-refractivity contribution in [1.29, 1.82) is 0 Å². The van der Waals surface area contributed by atoms with E-state index in [0.717, 1.165) is 0 Å². The number of aryl methyl sites for hydroxylation is 1. The molecule has 258 valence electrons. The summed E-state index contributed by atoms with van der Waals surface area (Å²) in [6.07, 6.45) is 2.99. The van der Waals surface area contributed by atoms with Gasteiger partial charge in [0.25, 0.3) is 5.56 Å². The summed E-state index contributed by atoms with van der Waals surface area (Å²) in [5.74, 6) is -0.629. The molecular weight excluding hydrogens is 658 g/mol. The van der Waals surface area contributed by atoms with Gasteiger partial charge in [-0.1, -0.05) is 29.5 Å². The number of benzene rings is 4. The number of methoxy groups -OCH3 is 1. The summed E-state index contributed by atoms with van der Waals surface area (Å²) in [6.45, 7) is 0.844. The largest absolute Gasteiger partial charge is 0.508 e. The van der Waals surface area contributed by atoms with E-state index in [9.17, 15) is 30.0 Å². The van der Waals surface area contributed by atoms with Crippen LogP contribution in [0.3, 0.4) is 0 Å². The number of hydrogen-bond donors (Lipinski definition) is 4. The molecule has 14 nitrogen and oxygen atoms in total. The summed E-state index contributed by atoms with van der Waals surface area (Å²) in [5, 5.41) is 50.1. The number of phenolic OH excluding ortho intramolecular Hbond substituents is 3. The van der Waals surface area contributed by atoms with Crippen molar-refractivity contribution in [1.82, 2.24) is 24.5 Å². The van der Waals surface area contributed by atoms with Gasteiger partial charge in [-0.2, -0.15) is 0 Å². The minimum absolute atomic E-state index is 0.00489. The maximum absolute atomic E-state index is 13.5. The smallest absolute Gasteiger partial charge is 0.261 e. The summed E-state index contributed by atoms with van der Waals surface area (Å²) < 4.78 is 20.1. The van der Waals surface area contributed by atoms with E-state index >= 15 is 0 Å². The predicted molar refractivity (Wildman–Crippen MR) is 186 cm³/mol. The van der Waals surface area contributed by atoms with Gasteiger partial charge in [-0.25, -0.2) is 4.98 Å². The number of fused-ring (bicyclic) bond motifs is 2. The fourth-order valence-corrected chi connectivity index (χ4v) is 5.84. The Hall–Kier alpha value is -6.83. The van der Waals surface area contributed by atoms with E-state index in [1.165, 1.54) is 37.4 Å². The van der Waals surface area contributed by atoms with E-state index in [1.54, 1.807) is 57.9 Å². The number of rotatable bonds is 11. The van der Waals surface area contributed by atoms with Crippen molar-refractivity contribution in [2.24, 2.45) is 0 Å². The van der Waals surface area contributed by atoms with Crippen LogP contribution in [-0.4, -0.2) is 52.1 Å². The average molecular weight is 690 g/mol. The monoisotopic (exact) mass is 689 g/mol. The van der Waals surface area contributed by atoms with Crippen LogP contribution in [0.4, 0.5) is 0 Å². The summed E-state index contributed by atoms with van der Waals surface area (Å²) >= 11 is 0. The van der Waals surface area contributed by atoms with Gasteiger partial charge in [-0.3, -0.25) is 18.8 Å². The molecule has 0 spiro atoms. The van der Waals surface area contributed by atoms with Crippen molar-refractivity contribution in [3.8, 4) is 57.2 Å². The fraction of sp³-hybridized carbons (Fsp3) is 0.162. The molecule has 0 aliphatic heterocycles. The van der Waals surface area contributed by atoms with Gasteiger partial charge < -0.3 is 34.3 Å². The second-order valence-corrected chi connectivity index (χ2v) is 11.7. The number of para-hydroxylation sites is 1. The molecule has 0 fully saturated rings. The highest BCUT2D eigenvalue weighted by atomic mass is 16.5. The summed E-state index contributed by atoms with van der Waals surface area (Å²) in [5.41, 5.74) is 0.999. The molecule has 7 rings (SSSR count). The van der Waals surface area contributed by atoms with Gasteiger partial charge in [-0.15, -0.1) is 5.10 Å². The lowest BCUT2D eigenvalue weighted by atomic mass is 10.1. The van der Waals surface area contributed by atoms with Crippen LogP contribution in [0, 0.1) is 0 Å². The number of hydrogen-bond acceptors (Lipinski definition) is 12. The summed E-state index contributed by atoms with van der Waals surface area (Å²) in [6, 6.07) is 20.5. The highest BCUT2D eigenvalue weighted by molar-refractivity contribution is 5.88. The Morgan fingerprint density at radius 3 is 2.47 bits per heavy atom. The Morgan fingerprint density at radius 1 is 0.824 bits per heavy atom. The lowest BCUT2D eigenvalue weighted by Crippen LogP contribution is -2.23. The molecule has 0 saturated heterocycles. The molecule has 0 unspecified atom stereocenters. The molecule has 0 bridgehead atoms. The molecule has 0 radical (unpaired) electrons. The minimum Gasteiger partial charge on any atom is -0.508 e. The molecule has 0 saturated carbocycles. The van der Waals surface area contributed by atoms with Crippen LogP contribution in [0.1, 0.15) is 18.5 Å². The molecule has 3 heterocycles. The van der Waals surface area contributed by atoms with Crippen molar-refractivity contribution in [2.45, 2.75) is 32.5 Å². The Bertz CT molecular complexity index is 2540. The zero-order valence-electron chi connectivity index (χ0n) is 27.2. The molecule has 51 heavy (non-hydrogen) atoms. The highest BCUT2D eigenvalue weighted by Crippen LogP contribution is 2.38. The normalized spacial score (nSPS) is 11.3. The first-order chi connectivity index (χ1) is 24.7. The van der Waals surface area contributed by atoms with Crippen molar-refractivity contribution in [3.05, 3.63) is 111 Å². The Balaban J connectivity index is 1.02. The SMILES string of the molecule is COc1cc(O)cc2oc(-c3ccc(O)c(OCc4cn(CCCCn5c(-c6cccc(O)c6)nc6ccccc6c5=O)nn4)c3)c(O)c(=O)c12. The van der Waals surface area contributed by atoms with Gasteiger partial charge in [-0.05, 0) is 55.3 Å². The number of nitrogens with zero attached hydrogens (tertiary/aromatic N) is 5. The fourth-order valence-electron chi connectivity index (χ4n) is 5.84. The zero-order chi connectivity index (χ0) is 35.6. The van der Waals surface area contributed by atoms with Crippen molar-refractivity contribution < 1.29 is 34.3 Å². The van der Waals surface area contributed by atoms with E-state index in [2.05, 4.69) is 10.3 Å². The second kappa shape index (κ2) is 13.6. The Labute approximate surface area is 288 Å². The molecule has 0 amide bonds. The third-order valence-corrected chi connectivity index (χ3v) is 8.31. The van der Waals surface area contributed by atoms with Gasteiger partial charge in [0.2, 0.25) is 11.2 Å². The second-order valence-electron chi connectivity index (χ2n) is 11.7. The molecule has 4 N–H and O–H groups in total. The number of ether oxygens (including phenoxy) is 2. The van der Waals surface area contributed by atoms with E-state index < -0.39 is 11.2 Å². The molecule has 0 aliphatic rings. The maximum atomic E-state index is 13.5. The van der Waals surface area contributed by atoms with E-state index in [4.69, 9.17) is 18.9 Å². The lowest BCUT2D eigenvalue weighted by molar-refractivity contribution is 0.285. The van der Waals surface area contributed by atoms with Crippen LogP contribution in [0.15, 0.2) is 99.1 Å². The summed E-state index contributed by atoms with van der Waals surface area (Å²) in [4.78, 5) is 31.2.